The summed E-state index contributed by atoms with van der Waals surface area (Å²) in [5, 5.41) is 0. The quantitative estimate of drug-likeness (QED) is 0.0484. The lowest BCUT2D eigenvalue weighted by Gasteiger charge is -2.36. The predicted octanol–water partition coefficient (Wildman–Crippen LogP) is 17.4. The number of unbranched alkanes of at least 4 members (excludes halogenated alkanes) is 36. The van der Waals surface area contributed by atoms with Crippen molar-refractivity contribution in [1.82, 2.24) is 0 Å². The van der Waals surface area contributed by atoms with Crippen LogP contribution in [-0.4, -0.2) is 11.6 Å². The second-order valence-electron chi connectivity index (χ2n) is 17.6. The van der Waals surface area contributed by atoms with Crippen LogP contribution in [0.15, 0.2) is 12.2 Å². The Bertz CT molecular complexity index is 673. The van der Waals surface area contributed by atoms with E-state index in [1.165, 1.54) is 257 Å². The summed E-state index contributed by atoms with van der Waals surface area (Å²) >= 11 is 0. The lowest BCUT2D eigenvalue weighted by atomic mass is 9.79. The fourth-order valence-electron chi connectivity index (χ4n) is 8.34. The van der Waals surface area contributed by atoms with Crippen molar-refractivity contribution in [1.29, 1.82) is 0 Å². The third kappa shape index (κ3) is 38.0. The lowest BCUT2D eigenvalue weighted by Crippen LogP contribution is -2.55. The molecule has 2 atom stereocenters. The van der Waals surface area contributed by atoms with Crippen molar-refractivity contribution in [2.45, 2.75) is 308 Å². The highest BCUT2D eigenvalue weighted by Gasteiger charge is 2.31. The van der Waals surface area contributed by atoms with Crippen LogP contribution in [0.5, 0.6) is 0 Å². The van der Waals surface area contributed by atoms with Gasteiger partial charge in [0.15, 0.2) is 0 Å². The lowest BCUT2D eigenvalue weighted by molar-refractivity contribution is 0.264. The Morgan fingerprint density at radius 1 is 0.327 bits per heavy atom. The van der Waals surface area contributed by atoms with Gasteiger partial charge in [-0.1, -0.05) is 264 Å². The molecule has 0 aromatic carbocycles. The van der Waals surface area contributed by atoms with E-state index in [1.54, 1.807) is 0 Å². The molecule has 2 heteroatoms. The number of nitrogens with two attached hydrogens (primary N) is 2. The van der Waals surface area contributed by atoms with Gasteiger partial charge in [0.25, 0.3) is 0 Å². The van der Waals surface area contributed by atoms with E-state index in [2.05, 4.69) is 32.9 Å². The molecule has 0 aromatic heterocycles. The predicted molar refractivity (Wildman–Crippen MR) is 240 cm³/mol. The molecule has 0 radical (unpaired) electrons. The molecule has 4 N–H and O–H groups in total. The molecule has 2 nitrogen and oxygen atoms in total. The molecule has 0 aliphatic heterocycles. The first-order valence-corrected chi connectivity index (χ1v) is 24.8. The third-order valence-corrected chi connectivity index (χ3v) is 12.3. The van der Waals surface area contributed by atoms with Crippen LogP contribution < -0.4 is 11.5 Å². The summed E-state index contributed by atoms with van der Waals surface area (Å²) in [6.07, 6.45) is 63.9. The maximum Gasteiger partial charge on any atom is 0.0307 e. The zero-order valence-corrected chi connectivity index (χ0v) is 36.8. The van der Waals surface area contributed by atoms with Crippen molar-refractivity contribution in [3.05, 3.63) is 12.2 Å². The third-order valence-electron chi connectivity index (χ3n) is 12.3. The molecule has 0 bridgehead atoms. The monoisotopic (exact) mass is 731 g/mol. The average Bonchev–Trinajstić information content (AvgIpc) is 3.15. The minimum Gasteiger partial charge on any atom is -0.326 e. The van der Waals surface area contributed by atoms with Crippen LogP contribution in [0.25, 0.3) is 0 Å². The van der Waals surface area contributed by atoms with Crippen LogP contribution in [0.1, 0.15) is 297 Å². The summed E-state index contributed by atoms with van der Waals surface area (Å²) in [7, 11) is 0. The molecule has 0 fully saturated rings. The number of rotatable bonds is 45. The molecule has 52 heavy (non-hydrogen) atoms. The normalized spacial score (nSPS) is 13.7. The molecular formula is C50H102N2. The van der Waals surface area contributed by atoms with Crippen LogP contribution in [0.4, 0.5) is 0 Å². The average molecular weight is 731 g/mol. The first-order chi connectivity index (χ1) is 25.6. The maximum absolute atomic E-state index is 7.26. The van der Waals surface area contributed by atoms with Crippen molar-refractivity contribution < 1.29 is 0 Å². The molecule has 312 valence electrons. The Balaban J connectivity index is 4.25. The van der Waals surface area contributed by atoms with Crippen LogP contribution in [0, 0.1) is 0 Å². The van der Waals surface area contributed by atoms with Gasteiger partial charge in [-0.05, 0) is 44.9 Å². The molecule has 0 rings (SSSR count). The van der Waals surface area contributed by atoms with Gasteiger partial charge in [-0.15, -0.1) is 0 Å². The smallest absolute Gasteiger partial charge is 0.0307 e. The van der Waals surface area contributed by atoms with Gasteiger partial charge in [0.05, 0.1) is 0 Å². The van der Waals surface area contributed by atoms with Gasteiger partial charge in [0, 0.05) is 11.6 Å². The van der Waals surface area contributed by atoms with Crippen molar-refractivity contribution in [2.24, 2.45) is 11.5 Å². The highest BCUT2D eigenvalue weighted by Crippen LogP contribution is 2.27. The SMILES string of the molecule is CCCCCCCC/C=C\CCCCCCCC(N)(CCCCCCCCCCCCCCCC)C(N)CCCCCCCCCCCCCCC. The second kappa shape index (κ2) is 43.4. The summed E-state index contributed by atoms with van der Waals surface area (Å²) < 4.78 is 0. The fraction of sp³-hybridized carbons (Fsp3) is 0.960. The Morgan fingerprint density at radius 3 is 0.846 bits per heavy atom. The Hall–Kier alpha value is -0.340. The summed E-state index contributed by atoms with van der Waals surface area (Å²) in [6.45, 7) is 6.92. The number of hydrogen-bond acceptors (Lipinski definition) is 2. The van der Waals surface area contributed by atoms with Crippen molar-refractivity contribution >= 4 is 0 Å². The molecule has 0 aliphatic carbocycles. The molecule has 0 spiro atoms. The molecule has 0 aromatic rings. The van der Waals surface area contributed by atoms with Crippen molar-refractivity contribution in [3.63, 3.8) is 0 Å². The topological polar surface area (TPSA) is 52.0 Å². The second-order valence-corrected chi connectivity index (χ2v) is 17.6. The van der Waals surface area contributed by atoms with Crippen LogP contribution >= 0.6 is 0 Å². The molecular weight excluding hydrogens is 629 g/mol. The standard InChI is InChI=1S/C50H102N2/c1-4-7-10-13-16-19-22-25-27-30-33-36-39-42-45-48-50(52,47-44-41-38-35-32-29-26-23-20-17-14-11-8-5-2)49(51)46-43-40-37-34-31-28-24-21-18-15-12-9-6-3/h25,27,49H,4-24,26,28-48,51-52H2,1-3H3/b27-25-. The van der Waals surface area contributed by atoms with E-state index in [-0.39, 0.29) is 11.6 Å². The van der Waals surface area contributed by atoms with Crippen LogP contribution in [0.2, 0.25) is 0 Å². The van der Waals surface area contributed by atoms with Gasteiger partial charge in [0.2, 0.25) is 0 Å². The van der Waals surface area contributed by atoms with E-state index in [1.807, 2.05) is 0 Å². The zero-order chi connectivity index (χ0) is 37.9. The summed E-state index contributed by atoms with van der Waals surface area (Å²) in [6, 6.07) is 0.166. The van der Waals surface area contributed by atoms with E-state index in [0.717, 1.165) is 19.3 Å². The first kappa shape index (κ1) is 51.7. The molecule has 0 saturated heterocycles. The number of hydrogen-bond donors (Lipinski definition) is 2. The van der Waals surface area contributed by atoms with Gasteiger partial charge in [-0.25, -0.2) is 0 Å². The minimum absolute atomic E-state index is 0.159. The molecule has 0 heterocycles. The zero-order valence-electron chi connectivity index (χ0n) is 36.8. The summed E-state index contributed by atoms with van der Waals surface area (Å²) in [5.41, 5.74) is 14.1. The van der Waals surface area contributed by atoms with E-state index < -0.39 is 0 Å². The Labute approximate surface area is 331 Å². The van der Waals surface area contributed by atoms with Crippen LogP contribution in [-0.2, 0) is 0 Å². The molecule has 2 unspecified atom stereocenters. The van der Waals surface area contributed by atoms with Gasteiger partial charge >= 0.3 is 0 Å². The molecule has 0 amide bonds. The van der Waals surface area contributed by atoms with Gasteiger partial charge in [0.1, 0.15) is 0 Å². The number of allylic oxidation sites excluding steroid dienone is 2. The minimum atomic E-state index is -0.159. The first-order valence-electron chi connectivity index (χ1n) is 24.8. The largest absolute Gasteiger partial charge is 0.326 e. The van der Waals surface area contributed by atoms with E-state index in [4.69, 9.17) is 11.5 Å². The maximum atomic E-state index is 7.26. The highest BCUT2D eigenvalue weighted by atomic mass is 14.9. The molecule has 0 saturated carbocycles. The van der Waals surface area contributed by atoms with Gasteiger partial charge in [-0.3, -0.25) is 0 Å². The van der Waals surface area contributed by atoms with Crippen molar-refractivity contribution in [2.75, 3.05) is 0 Å². The van der Waals surface area contributed by atoms with Gasteiger partial charge in [-0.2, -0.15) is 0 Å². The van der Waals surface area contributed by atoms with E-state index >= 15 is 0 Å². The van der Waals surface area contributed by atoms with Crippen LogP contribution in [0.3, 0.4) is 0 Å². The van der Waals surface area contributed by atoms with Crippen molar-refractivity contribution in [3.8, 4) is 0 Å². The van der Waals surface area contributed by atoms with E-state index in [0.29, 0.717) is 0 Å². The van der Waals surface area contributed by atoms with Gasteiger partial charge < -0.3 is 11.5 Å². The Morgan fingerprint density at radius 2 is 0.558 bits per heavy atom. The molecule has 0 aliphatic rings. The Kier molecular flexibility index (Phi) is 43.1. The fourth-order valence-corrected chi connectivity index (χ4v) is 8.34. The van der Waals surface area contributed by atoms with E-state index in [9.17, 15) is 0 Å². The summed E-state index contributed by atoms with van der Waals surface area (Å²) in [5.74, 6) is 0. The summed E-state index contributed by atoms with van der Waals surface area (Å²) in [4.78, 5) is 0. The highest BCUT2D eigenvalue weighted by molar-refractivity contribution is 4.94.